The van der Waals surface area contributed by atoms with Crippen LogP contribution in [0.3, 0.4) is 0 Å². The molecule has 0 aromatic heterocycles. The zero-order chi connectivity index (χ0) is 11.6. The van der Waals surface area contributed by atoms with E-state index in [1.54, 1.807) is 0 Å². The van der Waals surface area contributed by atoms with E-state index in [4.69, 9.17) is 5.73 Å². The lowest BCUT2D eigenvalue weighted by atomic mass is 9.73. The molecule has 0 unspecified atom stereocenters. The summed E-state index contributed by atoms with van der Waals surface area (Å²) < 4.78 is 0. The lowest BCUT2D eigenvalue weighted by Crippen LogP contribution is -2.39. The average molecular weight is 218 g/mol. The van der Waals surface area contributed by atoms with Crippen molar-refractivity contribution >= 4 is 5.91 Å². The van der Waals surface area contributed by atoms with Gasteiger partial charge in [-0.2, -0.15) is 0 Å². The van der Waals surface area contributed by atoms with E-state index in [9.17, 15) is 4.79 Å². The van der Waals surface area contributed by atoms with Crippen molar-refractivity contribution in [3.63, 3.8) is 0 Å². The van der Waals surface area contributed by atoms with Crippen molar-refractivity contribution in [2.24, 2.45) is 5.73 Å². The molecule has 0 saturated carbocycles. The minimum atomic E-state index is -0.324. The van der Waals surface area contributed by atoms with Crippen LogP contribution in [0.25, 0.3) is 0 Å². The predicted octanol–water partition coefficient (Wildman–Crippen LogP) is 1.43. The Balaban J connectivity index is 2.42. The number of primary amides is 1. The van der Waals surface area contributed by atoms with E-state index in [0.29, 0.717) is 5.56 Å². The van der Waals surface area contributed by atoms with E-state index in [1.807, 2.05) is 24.3 Å². The highest BCUT2D eigenvalue weighted by Crippen LogP contribution is 2.34. The molecule has 1 saturated heterocycles. The van der Waals surface area contributed by atoms with Crippen molar-refractivity contribution in [1.29, 1.82) is 0 Å². The van der Waals surface area contributed by atoms with Gasteiger partial charge in [0.2, 0.25) is 5.91 Å². The summed E-state index contributed by atoms with van der Waals surface area (Å²) in [7, 11) is 0. The maximum atomic E-state index is 11.4. The van der Waals surface area contributed by atoms with Gasteiger partial charge in [-0.3, -0.25) is 4.79 Å². The van der Waals surface area contributed by atoms with Crippen molar-refractivity contribution in [2.45, 2.75) is 25.2 Å². The van der Waals surface area contributed by atoms with Crippen LogP contribution < -0.4 is 11.1 Å². The number of amides is 1. The van der Waals surface area contributed by atoms with Crippen molar-refractivity contribution < 1.29 is 4.79 Å². The second-order valence-corrected chi connectivity index (χ2v) is 4.72. The summed E-state index contributed by atoms with van der Waals surface area (Å²) in [6.45, 7) is 4.23. The lowest BCUT2D eigenvalue weighted by molar-refractivity contribution is 0.0997. The number of benzene rings is 1. The number of carbonyl (C=O) groups is 1. The molecule has 1 aromatic rings. The van der Waals surface area contributed by atoms with Crippen LogP contribution >= 0.6 is 0 Å². The van der Waals surface area contributed by atoms with Crippen LogP contribution in [0.4, 0.5) is 0 Å². The van der Waals surface area contributed by atoms with Crippen LogP contribution in [0.5, 0.6) is 0 Å². The van der Waals surface area contributed by atoms with Gasteiger partial charge in [-0.25, -0.2) is 0 Å². The third kappa shape index (κ3) is 1.95. The van der Waals surface area contributed by atoms with Crippen LogP contribution in [0.15, 0.2) is 24.3 Å². The summed E-state index contributed by atoms with van der Waals surface area (Å²) in [6, 6.07) is 7.71. The van der Waals surface area contributed by atoms with Gasteiger partial charge in [0.1, 0.15) is 0 Å². The number of nitrogens with one attached hydrogen (secondary N) is 1. The molecule has 0 radical (unpaired) electrons. The summed E-state index contributed by atoms with van der Waals surface area (Å²) in [5, 5.41) is 3.34. The fourth-order valence-corrected chi connectivity index (χ4v) is 2.47. The van der Waals surface area contributed by atoms with Gasteiger partial charge in [0.05, 0.1) is 0 Å². The molecule has 16 heavy (non-hydrogen) atoms. The van der Waals surface area contributed by atoms with Gasteiger partial charge in [0.15, 0.2) is 0 Å². The smallest absolute Gasteiger partial charge is 0.248 e. The number of hydrogen-bond donors (Lipinski definition) is 2. The summed E-state index contributed by atoms with van der Waals surface area (Å²) in [5.41, 5.74) is 7.28. The Hall–Kier alpha value is -1.35. The van der Waals surface area contributed by atoms with Gasteiger partial charge in [-0.15, -0.1) is 0 Å². The number of rotatable bonds is 2. The molecular formula is C13H18N2O. The Labute approximate surface area is 96.0 Å². The fraction of sp³-hybridized carbons (Fsp3) is 0.462. The molecule has 0 spiro atoms. The standard InChI is InChI=1S/C13H18N2O/c1-13(6-8-15-9-7-13)11-5-3-2-4-10(11)12(14)16/h2-5,15H,6-9H2,1H3,(H2,14,16). The number of piperidine rings is 1. The molecule has 0 bridgehead atoms. The van der Waals surface area contributed by atoms with Crippen LogP contribution in [0.1, 0.15) is 35.7 Å². The third-order valence-corrected chi connectivity index (χ3v) is 3.55. The van der Waals surface area contributed by atoms with E-state index in [2.05, 4.69) is 12.2 Å². The minimum Gasteiger partial charge on any atom is -0.366 e. The van der Waals surface area contributed by atoms with Gasteiger partial charge >= 0.3 is 0 Å². The maximum Gasteiger partial charge on any atom is 0.248 e. The second kappa shape index (κ2) is 4.26. The molecular weight excluding hydrogens is 200 g/mol. The first kappa shape index (κ1) is 11.1. The molecule has 1 aromatic carbocycles. The van der Waals surface area contributed by atoms with Crippen LogP contribution in [-0.4, -0.2) is 19.0 Å². The molecule has 1 fully saturated rings. The molecule has 1 aliphatic heterocycles. The van der Waals surface area contributed by atoms with Crippen molar-refractivity contribution in [2.75, 3.05) is 13.1 Å². The SMILES string of the molecule is CC1(c2ccccc2C(N)=O)CCNCC1. The normalized spacial score (nSPS) is 19.3. The topological polar surface area (TPSA) is 55.1 Å². The summed E-state index contributed by atoms with van der Waals surface area (Å²) in [6.07, 6.45) is 2.11. The third-order valence-electron chi connectivity index (χ3n) is 3.55. The first-order valence-corrected chi connectivity index (χ1v) is 5.73. The molecule has 0 atom stereocenters. The van der Waals surface area contributed by atoms with Crippen LogP contribution in [0, 0.1) is 0 Å². The van der Waals surface area contributed by atoms with E-state index in [0.717, 1.165) is 31.5 Å². The Morgan fingerprint density at radius 3 is 2.56 bits per heavy atom. The molecule has 1 aliphatic rings. The number of nitrogens with two attached hydrogens (primary N) is 1. The maximum absolute atomic E-state index is 11.4. The fourth-order valence-electron chi connectivity index (χ4n) is 2.47. The Morgan fingerprint density at radius 2 is 1.94 bits per heavy atom. The van der Waals surface area contributed by atoms with Crippen molar-refractivity contribution in [3.05, 3.63) is 35.4 Å². The quantitative estimate of drug-likeness (QED) is 0.789. The van der Waals surface area contributed by atoms with Gasteiger partial charge in [0, 0.05) is 5.56 Å². The Morgan fingerprint density at radius 1 is 1.31 bits per heavy atom. The minimum absolute atomic E-state index is 0.0802. The average Bonchev–Trinajstić information content (AvgIpc) is 2.30. The number of hydrogen-bond acceptors (Lipinski definition) is 2. The van der Waals surface area contributed by atoms with Gasteiger partial charge < -0.3 is 11.1 Å². The summed E-state index contributed by atoms with van der Waals surface area (Å²) in [5.74, 6) is -0.324. The zero-order valence-corrected chi connectivity index (χ0v) is 9.62. The van der Waals surface area contributed by atoms with Gasteiger partial charge in [-0.05, 0) is 43.0 Å². The highest BCUT2D eigenvalue weighted by atomic mass is 16.1. The largest absolute Gasteiger partial charge is 0.366 e. The van der Waals surface area contributed by atoms with Gasteiger partial charge in [0.25, 0.3) is 0 Å². The molecule has 1 heterocycles. The molecule has 1 amide bonds. The zero-order valence-electron chi connectivity index (χ0n) is 9.62. The predicted molar refractivity (Wildman–Crippen MR) is 64.4 cm³/mol. The number of carbonyl (C=O) groups excluding carboxylic acids is 1. The monoisotopic (exact) mass is 218 g/mol. The molecule has 3 N–H and O–H groups in total. The van der Waals surface area contributed by atoms with Crippen molar-refractivity contribution in [3.8, 4) is 0 Å². The molecule has 2 rings (SSSR count). The van der Waals surface area contributed by atoms with Gasteiger partial charge in [-0.1, -0.05) is 25.1 Å². The van der Waals surface area contributed by atoms with E-state index < -0.39 is 0 Å². The summed E-state index contributed by atoms with van der Waals surface area (Å²) in [4.78, 5) is 11.4. The Bertz CT molecular complexity index is 395. The first-order chi connectivity index (χ1) is 7.63. The molecule has 3 nitrogen and oxygen atoms in total. The summed E-state index contributed by atoms with van der Waals surface area (Å²) >= 11 is 0. The molecule has 86 valence electrons. The van der Waals surface area contributed by atoms with Crippen LogP contribution in [-0.2, 0) is 5.41 Å². The lowest BCUT2D eigenvalue weighted by Gasteiger charge is -2.35. The highest BCUT2D eigenvalue weighted by molar-refractivity contribution is 5.94. The van der Waals surface area contributed by atoms with E-state index in [-0.39, 0.29) is 11.3 Å². The molecule has 3 heteroatoms. The van der Waals surface area contributed by atoms with E-state index >= 15 is 0 Å². The highest BCUT2D eigenvalue weighted by Gasteiger charge is 2.31. The Kier molecular flexibility index (Phi) is 2.97. The molecule has 0 aliphatic carbocycles. The van der Waals surface area contributed by atoms with E-state index in [1.165, 1.54) is 0 Å². The first-order valence-electron chi connectivity index (χ1n) is 5.73. The second-order valence-electron chi connectivity index (χ2n) is 4.72. The van der Waals surface area contributed by atoms with Crippen LogP contribution in [0.2, 0.25) is 0 Å². The van der Waals surface area contributed by atoms with Crippen molar-refractivity contribution in [1.82, 2.24) is 5.32 Å².